The van der Waals surface area contributed by atoms with Crippen LogP contribution in [0.2, 0.25) is 0 Å². The first-order valence-corrected chi connectivity index (χ1v) is 12.7. The summed E-state index contributed by atoms with van der Waals surface area (Å²) in [6, 6.07) is 8.74. The highest BCUT2D eigenvalue weighted by Gasteiger charge is 2.26. The SMILES string of the molecule is O=c1c2c3c(sc2nc(SCc2ccc(Br)cc2)n1C1CCCC1)CCCC3. The van der Waals surface area contributed by atoms with Crippen LogP contribution >= 0.6 is 39.0 Å². The van der Waals surface area contributed by atoms with Gasteiger partial charge in [-0.05, 0) is 61.8 Å². The molecule has 1 saturated carbocycles. The maximum absolute atomic E-state index is 13.6. The molecule has 1 aromatic carbocycles. The van der Waals surface area contributed by atoms with Crippen molar-refractivity contribution in [3.8, 4) is 0 Å². The minimum absolute atomic E-state index is 0.217. The summed E-state index contributed by atoms with van der Waals surface area (Å²) in [7, 11) is 0. The molecule has 0 unspecified atom stereocenters. The van der Waals surface area contributed by atoms with Crippen molar-refractivity contribution in [3.05, 3.63) is 55.1 Å². The van der Waals surface area contributed by atoms with Gasteiger partial charge >= 0.3 is 0 Å². The summed E-state index contributed by atoms with van der Waals surface area (Å²) in [6.45, 7) is 0. The fourth-order valence-corrected chi connectivity index (χ4v) is 7.10. The van der Waals surface area contributed by atoms with E-state index < -0.39 is 0 Å². The molecule has 2 aromatic heterocycles. The number of thiophene rings is 1. The Kier molecular flexibility index (Phi) is 5.37. The topological polar surface area (TPSA) is 34.9 Å². The Balaban J connectivity index is 1.58. The number of thioether (sulfide) groups is 1. The summed E-state index contributed by atoms with van der Waals surface area (Å²) in [6.07, 6.45) is 9.23. The Hall–Kier alpha value is -1.11. The van der Waals surface area contributed by atoms with Crippen LogP contribution in [0, 0.1) is 0 Å². The number of aromatic nitrogens is 2. The molecule has 0 bridgehead atoms. The fraction of sp³-hybridized carbons (Fsp3) is 0.455. The second-order valence-corrected chi connectivity index (χ2v) is 10.8. The van der Waals surface area contributed by atoms with Crippen molar-refractivity contribution < 1.29 is 0 Å². The minimum Gasteiger partial charge on any atom is -0.284 e. The van der Waals surface area contributed by atoms with Crippen LogP contribution in [0.4, 0.5) is 0 Å². The average Bonchev–Trinajstić information content (AvgIpc) is 3.35. The number of fused-ring (bicyclic) bond motifs is 3. The van der Waals surface area contributed by atoms with E-state index in [1.54, 1.807) is 23.1 Å². The molecule has 0 radical (unpaired) electrons. The van der Waals surface area contributed by atoms with Gasteiger partial charge in [0.2, 0.25) is 0 Å². The third-order valence-corrected chi connectivity index (χ3v) is 8.70. The van der Waals surface area contributed by atoms with Crippen molar-refractivity contribution in [1.82, 2.24) is 9.55 Å². The van der Waals surface area contributed by atoms with Crippen LogP contribution in [0.25, 0.3) is 10.2 Å². The standard InChI is InChI=1S/C22H23BrN2OS2/c23-15-11-9-14(10-12-15)13-27-22-24-20-19(17-7-3-4-8-18(17)28-20)21(26)25(22)16-5-1-2-6-16/h9-12,16H,1-8,13H2. The third kappa shape index (κ3) is 3.48. The molecule has 28 heavy (non-hydrogen) atoms. The van der Waals surface area contributed by atoms with E-state index >= 15 is 0 Å². The van der Waals surface area contributed by atoms with Gasteiger partial charge in [0.15, 0.2) is 5.16 Å². The number of nitrogens with zero attached hydrogens (tertiary/aromatic N) is 2. The Morgan fingerprint density at radius 1 is 1.11 bits per heavy atom. The third-order valence-electron chi connectivity index (χ3n) is 5.96. The Bertz CT molecular complexity index is 1060. The molecule has 0 atom stereocenters. The Morgan fingerprint density at radius 3 is 2.64 bits per heavy atom. The lowest BCUT2D eigenvalue weighted by molar-refractivity contribution is 0.457. The molecule has 0 N–H and O–H groups in total. The van der Waals surface area contributed by atoms with E-state index in [0.29, 0.717) is 6.04 Å². The fourth-order valence-electron chi connectivity index (χ4n) is 4.51. The zero-order valence-corrected chi connectivity index (χ0v) is 19.0. The molecule has 5 rings (SSSR count). The molecule has 0 aliphatic heterocycles. The van der Waals surface area contributed by atoms with Gasteiger partial charge in [-0.2, -0.15) is 0 Å². The number of hydrogen-bond donors (Lipinski definition) is 0. The van der Waals surface area contributed by atoms with Gasteiger partial charge < -0.3 is 0 Å². The smallest absolute Gasteiger partial charge is 0.263 e. The number of aryl methyl sites for hydroxylation is 2. The van der Waals surface area contributed by atoms with Crippen LogP contribution in [-0.2, 0) is 18.6 Å². The van der Waals surface area contributed by atoms with E-state index in [1.807, 2.05) is 0 Å². The molecule has 0 spiro atoms. The molecule has 3 aromatic rings. The quantitative estimate of drug-likeness (QED) is 0.319. The van der Waals surface area contributed by atoms with Gasteiger partial charge in [0.25, 0.3) is 5.56 Å². The molecule has 3 nitrogen and oxygen atoms in total. The summed E-state index contributed by atoms with van der Waals surface area (Å²) in [5.74, 6) is 0.836. The molecule has 2 aliphatic carbocycles. The highest BCUT2D eigenvalue weighted by molar-refractivity contribution is 9.10. The molecule has 6 heteroatoms. The lowest BCUT2D eigenvalue weighted by atomic mass is 9.97. The molecule has 146 valence electrons. The van der Waals surface area contributed by atoms with Crippen molar-refractivity contribution in [1.29, 1.82) is 0 Å². The van der Waals surface area contributed by atoms with E-state index in [9.17, 15) is 4.79 Å². The second-order valence-electron chi connectivity index (χ2n) is 7.81. The minimum atomic E-state index is 0.217. The highest BCUT2D eigenvalue weighted by atomic mass is 79.9. The second kappa shape index (κ2) is 7.96. The van der Waals surface area contributed by atoms with E-state index in [4.69, 9.17) is 4.98 Å². The van der Waals surface area contributed by atoms with Gasteiger partial charge in [0.1, 0.15) is 4.83 Å². The Morgan fingerprint density at radius 2 is 1.86 bits per heavy atom. The molecule has 1 fully saturated rings. The zero-order chi connectivity index (χ0) is 19.1. The first-order valence-electron chi connectivity index (χ1n) is 10.1. The highest BCUT2D eigenvalue weighted by Crippen LogP contribution is 2.37. The lowest BCUT2D eigenvalue weighted by Gasteiger charge is -2.18. The molecule has 0 saturated heterocycles. The predicted octanol–water partition coefficient (Wildman–Crippen LogP) is 6.51. The zero-order valence-electron chi connectivity index (χ0n) is 15.7. The van der Waals surface area contributed by atoms with E-state index in [-0.39, 0.29) is 5.56 Å². The van der Waals surface area contributed by atoms with Gasteiger partial charge in [0, 0.05) is 21.1 Å². The van der Waals surface area contributed by atoms with Crippen LogP contribution in [0.3, 0.4) is 0 Å². The monoisotopic (exact) mass is 474 g/mol. The van der Waals surface area contributed by atoms with Crippen molar-refractivity contribution in [3.63, 3.8) is 0 Å². The van der Waals surface area contributed by atoms with Crippen molar-refractivity contribution in [2.24, 2.45) is 0 Å². The van der Waals surface area contributed by atoms with Gasteiger partial charge in [-0.25, -0.2) is 4.98 Å². The predicted molar refractivity (Wildman–Crippen MR) is 122 cm³/mol. The molecule has 2 aliphatic rings. The number of rotatable bonds is 4. The average molecular weight is 475 g/mol. The van der Waals surface area contributed by atoms with Crippen molar-refractivity contribution >= 4 is 49.2 Å². The van der Waals surface area contributed by atoms with Crippen LogP contribution in [0.15, 0.2) is 38.7 Å². The summed E-state index contributed by atoms with van der Waals surface area (Å²) in [5.41, 5.74) is 2.78. The van der Waals surface area contributed by atoms with Crippen molar-refractivity contribution in [2.75, 3.05) is 0 Å². The molecule has 0 amide bonds. The number of benzene rings is 1. The summed E-state index contributed by atoms with van der Waals surface area (Å²) in [5, 5.41) is 1.84. The largest absolute Gasteiger partial charge is 0.284 e. The summed E-state index contributed by atoms with van der Waals surface area (Å²) in [4.78, 5) is 21.1. The molecular formula is C22H23BrN2OS2. The van der Waals surface area contributed by atoms with Gasteiger partial charge in [-0.15, -0.1) is 11.3 Å². The molecular weight excluding hydrogens is 452 g/mol. The van der Waals surface area contributed by atoms with E-state index in [0.717, 1.165) is 51.3 Å². The first kappa shape index (κ1) is 18.9. The number of halogens is 1. The van der Waals surface area contributed by atoms with Crippen LogP contribution in [0.5, 0.6) is 0 Å². The maximum atomic E-state index is 13.6. The molecule has 2 heterocycles. The Labute approximate surface area is 181 Å². The normalized spacial score (nSPS) is 17.3. The van der Waals surface area contributed by atoms with E-state index in [1.165, 1.54) is 41.7 Å². The summed E-state index contributed by atoms with van der Waals surface area (Å²) < 4.78 is 3.15. The van der Waals surface area contributed by atoms with Crippen LogP contribution in [0.1, 0.15) is 60.6 Å². The van der Waals surface area contributed by atoms with Gasteiger partial charge in [-0.1, -0.05) is 52.7 Å². The number of hydrogen-bond acceptors (Lipinski definition) is 4. The van der Waals surface area contributed by atoms with Crippen LogP contribution in [-0.4, -0.2) is 9.55 Å². The maximum Gasteiger partial charge on any atom is 0.263 e. The lowest BCUT2D eigenvalue weighted by Crippen LogP contribution is -2.26. The van der Waals surface area contributed by atoms with Crippen LogP contribution < -0.4 is 5.56 Å². The van der Waals surface area contributed by atoms with E-state index in [2.05, 4.69) is 44.8 Å². The van der Waals surface area contributed by atoms with Gasteiger partial charge in [0.05, 0.1) is 5.39 Å². The summed E-state index contributed by atoms with van der Waals surface area (Å²) >= 11 is 6.97. The van der Waals surface area contributed by atoms with Crippen molar-refractivity contribution in [2.45, 2.75) is 68.3 Å². The van der Waals surface area contributed by atoms with Gasteiger partial charge in [-0.3, -0.25) is 9.36 Å². The first-order chi connectivity index (χ1) is 13.7.